The molecule has 172 valence electrons. The lowest BCUT2D eigenvalue weighted by atomic mass is 10.0. The Balaban J connectivity index is 0. The van der Waals surface area contributed by atoms with Crippen molar-refractivity contribution in [1.29, 1.82) is 0 Å². The van der Waals surface area contributed by atoms with Crippen LogP contribution in [0.25, 0.3) is 0 Å². The number of nitrogens with zero attached hydrogens (tertiary/aromatic N) is 1. The number of aliphatic carboxylic acids is 1. The molecule has 0 amide bonds. The van der Waals surface area contributed by atoms with Crippen LogP contribution in [0.3, 0.4) is 0 Å². The zero-order chi connectivity index (χ0) is 22.0. The molecule has 8 heteroatoms. The minimum absolute atomic E-state index is 0.345. The SMILES string of the molecule is C1=NCCN1.CCCCCCCCCCCCCCCCCC(=O)O.OB(O)O. The monoisotopic (exact) mass is 416 g/mol. The highest BCUT2D eigenvalue weighted by atomic mass is 16.5. The fourth-order valence-electron chi connectivity index (χ4n) is 2.97. The first-order valence-electron chi connectivity index (χ1n) is 11.5. The van der Waals surface area contributed by atoms with E-state index in [0.717, 1.165) is 25.9 Å². The predicted octanol–water partition coefficient (Wildman–Crippen LogP) is 3.90. The Labute approximate surface area is 178 Å². The summed E-state index contributed by atoms with van der Waals surface area (Å²) in [5, 5.41) is 32.9. The summed E-state index contributed by atoms with van der Waals surface area (Å²) in [6.07, 6.45) is 21.9. The molecule has 0 spiro atoms. The maximum absolute atomic E-state index is 10.3. The molecule has 7 nitrogen and oxygen atoms in total. The highest BCUT2D eigenvalue weighted by molar-refractivity contribution is 6.30. The van der Waals surface area contributed by atoms with Crippen molar-refractivity contribution in [3.05, 3.63) is 0 Å². The molecule has 0 saturated carbocycles. The lowest BCUT2D eigenvalue weighted by Crippen LogP contribution is -2.07. The number of aliphatic imine (C=N–C) groups is 1. The van der Waals surface area contributed by atoms with Crippen molar-refractivity contribution in [2.75, 3.05) is 13.1 Å². The normalized spacial score (nSPS) is 11.7. The van der Waals surface area contributed by atoms with Gasteiger partial charge < -0.3 is 25.5 Å². The third-order valence-corrected chi connectivity index (χ3v) is 4.56. The Morgan fingerprint density at radius 2 is 1.21 bits per heavy atom. The zero-order valence-corrected chi connectivity index (χ0v) is 18.5. The van der Waals surface area contributed by atoms with Crippen LogP contribution in [0.1, 0.15) is 110 Å². The minimum atomic E-state index is -2.17. The molecule has 0 aromatic heterocycles. The summed E-state index contributed by atoms with van der Waals surface area (Å²) in [6.45, 7) is 4.26. The van der Waals surface area contributed by atoms with E-state index in [2.05, 4.69) is 17.2 Å². The van der Waals surface area contributed by atoms with Gasteiger partial charge in [0.05, 0.1) is 12.9 Å². The van der Waals surface area contributed by atoms with Crippen LogP contribution in [-0.4, -0.2) is 52.9 Å². The second kappa shape index (κ2) is 26.9. The van der Waals surface area contributed by atoms with Gasteiger partial charge in [0.2, 0.25) is 0 Å². The molecule has 29 heavy (non-hydrogen) atoms. The molecule has 0 atom stereocenters. The van der Waals surface area contributed by atoms with Crippen molar-refractivity contribution in [2.45, 2.75) is 110 Å². The van der Waals surface area contributed by atoms with E-state index in [4.69, 9.17) is 20.2 Å². The van der Waals surface area contributed by atoms with Gasteiger partial charge in [-0.25, -0.2) is 0 Å². The van der Waals surface area contributed by atoms with Crippen molar-refractivity contribution < 1.29 is 25.0 Å². The number of hydrogen-bond acceptors (Lipinski definition) is 6. The summed E-state index contributed by atoms with van der Waals surface area (Å²) in [5.74, 6) is -0.653. The number of rotatable bonds is 16. The fourth-order valence-corrected chi connectivity index (χ4v) is 2.97. The molecule has 0 unspecified atom stereocenters. The second-order valence-electron chi connectivity index (χ2n) is 7.43. The van der Waals surface area contributed by atoms with Gasteiger partial charge in [0.25, 0.3) is 0 Å². The van der Waals surface area contributed by atoms with Crippen LogP contribution >= 0.6 is 0 Å². The third-order valence-electron chi connectivity index (χ3n) is 4.56. The van der Waals surface area contributed by atoms with E-state index in [1.165, 1.54) is 83.5 Å². The van der Waals surface area contributed by atoms with E-state index in [1.54, 1.807) is 6.34 Å². The lowest BCUT2D eigenvalue weighted by Gasteiger charge is -2.03. The number of nitrogens with one attached hydrogen (secondary N) is 1. The topological polar surface area (TPSA) is 122 Å². The van der Waals surface area contributed by atoms with Gasteiger partial charge in [0, 0.05) is 13.0 Å². The van der Waals surface area contributed by atoms with Gasteiger partial charge in [-0.3, -0.25) is 9.79 Å². The highest BCUT2D eigenvalue weighted by Gasteiger charge is 1.97. The molecule has 0 saturated heterocycles. The fraction of sp³-hybridized carbons (Fsp3) is 0.905. The van der Waals surface area contributed by atoms with Crippen LogP contribution < -0.4 is 5.32 Å². The molecule has 0 aromatic carbocycles. The van der Waals surface area contributed by atoms with E-state index >= 15 is 0 Å². The molecule has 0 bridgehead atoms. The first-order chi connectivity index (χ1) is 14.0. The molecule has 1 aliphatic heterocycles. The van der Waals surface area contributed by atoms with Crippen LogP contribution in [-0.2, 0) is 4.79 Å². The summed E-state index contributed by atoms with van der Waals surface area (Å²) in [4.78, 5) is 14.2. The van der Waals surface area contributed by atoms with Crippen molar-refractivity contribution in [3.8, 4) is 0 Å². The average molecular weight is 416 g/mol. The van der Waals surface area contributed by atoms with Crippen molar-refractivity contribution >= 4 is 19.6 Å². The summed E-state index contributed by atoms with van der Waals surface area (Å²) < 4.78 is 0. The van der Waals surface area contributed by atoms with Crippen molar-refractivity contribution in [1.82, 2.24) is 5.32 Å². The Morgan fingerprint density at radius 3 is 1.45 bits per heavy atom. The van der Waals surface area contributed by atoms with Crippen LogP contribution in [0, 0.1) is 0 Å². The second-order valence-corrected chi connectivity index (χ2v) is 7.43. The van der Waals surface area contributed by atoms with Gasteiger partial charge in [-0.15, -0.1) is 0 Å². The van der Waals surface area contributed by atoms with Gasteiger partial charge in [-0.05, 0) is 6.42 Å². The van der Waals surface area contributed by atoms with Crippen LogP contribution in [0.2, 0.25) is 0 Å². The molecule has 1 rings (SSSR count). The quantitative estimate of drug-likeness (QED) is 0.192. The van der Waals surface area contributed by atoms with Gasteiger partial charge >= 0.3 is 13.3 Å². The molecule has 0 aliphatic carbocycles. The van der Waals surface area contributed by atoms with Crippen molar-refractivity contribution in [2.24, 2.45) is 4.99 Å². The first kappa shape index (κ1) is 30.1. The van der Waals surface area contributed by atoms with Crippen LogP contribution in [0.4, 0.5) is 0 Å². The van der Waals surface area contributed by atoms with Crippen molar-refractivity contribution in [3.63, 3.8) is 0 Å². The van der Waals surface area contributed by atoms with Gasteiger partial charge in [0.15, 0.2) is 0 Å². The Morgan fingerprint density at radius 1 is 0.828 bits per heavy atom. The number of carboxylic acid groups (broad SMARTS) is 1. The summed E-state index contributed by atoms with van der Waals surface area (Å²) in [5.41, 5.74) is 0. The Kier molecular flexibility index (Phi) is 27.9. The summed E-state index contributed by atoms with van der Waals surface area (Å²) in [7, 11) is -2.17. The van der Waals surface area contributed by atoms with E-state index < -0.39 is 13.3 Å². The molecule has 5 N–H and O–H groups in total. The summed E-state index contributed by atoms with van der Waals surface area (Å²) in [6, 6.07) is 0. The van der Waals surface area contributed by atoms with E-state index in [-0.39, 0.29) is 0 Å². The van der Waals surface area contributed by atoms with E-state index in [0.29, 0.717) is 6.42 Å². The standard InChI is InChI=1S/C18H36O2.C3H6N2.BH3O3/c1-2-3-4-5-6-7-8-9-10-11-12-13-14-15-16-17-18(19)20;1-2-5-3-4-1;2-1(3)4/h2-17H2,1H3,(H,19,20);3H,1-2H2,(H,4,5);2-4H. The van der Waals surface area contributed by atoms with E-state index in [1.807, 2.05) is 0 Å². The highest BCUT2D eigenvalue weighted by Crippen LogP contribution is 2.13. The first-order valence-corrected chi connectivity index (χ1v) is 11.5. The Bertz CT molecular complexity index is 349. The number of carbonyl (C=O) groups is 1. The molecule has 1 aliphatic rings. The van der Waals surface area contributed by atoms with Gasteiger partial charge in [-0.2, -0.15) is 0 Å². The summed E-state index contributed by atoms with van der Waals surface area (Å²) >= 11 is 0. The zero-order valence-electron chi connectivity index (χ0n) is 18.5. The van der Waals surface area contributed by atoms with E-state index in [9.17, 15) is 4.79 Å². The maximum Gasteiger partial charge on any atom is 0.631 e. The molecule has 0 fully saturated rings. The molecule has 0 radical (unpaired) electrons. The lowest BCUT2D eigenvalue weighted by molar-refractivity contribution is -0.137. The largest absolute Gasteiger partial charge is 0.631 e. The molecular formula is C21H45BN2O5. The molecular weight excluding hydrogens is 371 g/mol. The smallest absolute Gasteiger partial charge is 0.481 e. The number of unbranched alkanes of at least 4 members (excludes halogenated alkanes) is 14. The predicted molar refractivity (Wildman–Crippen MR) is 121 cm³/mol. The van der Waals surface area contributed by atoms with Gasteiger partial charge in [0.1, 0.15) is 0 Å². The van der Waals surface area contributed by atoms with Crippen LogP contribution in [0.15, 0.2) is 4.99 Å². The minimum Gasteiger partial charge on any atom is -0.481 e. The van der Waals surface area contributed by atoms with Gasteiger partial charge in [-0.1, -0.05) is 96.8 Å². The maximum atomic E-state index is 10.3. The number of hydrogen-bond donors (Lipinski definition) is 5. The Hall–Kier alpha value is -1.12. The number of carboxylic acids is 1. The third kappa shape index (κ3) is 38.2. The van der Waals surface area contributed by atoms with Crippen LogP contribution in [0.5, 0.6) is 0 Å². The molecule has 0 aromatic rings. The molecule has 1 heterocycles. The average Bonchev–Trinajstić information content (AvgIpc) is 3.24.